The zero-order valence-electron chi connectivity index (χ0n) is 12.8. The molecule has 4 rings (SSSR count). The Hall–Kier alpha value is -0.980. The van der Waals surface area contributed by atoms with Crippen LogP contribution in [0.15, 0.2) is 30.3 Å². The van der Waals surface area contributed by atoms with Gasteiger partial charge in [0.15, 0.2) is 12.1 Å². The van der Waals surface area contributed by atoms with E-state index >= 15 is 0 Å². The van der Waals surface area contributed by atoms with E-state index in [4.69, 9.17) is 23.7 Å². The second kappa shape index (κ2) is 5.91. The maximum absolute atomic E-state index is 6.15. The fourth-order valence-corrected chi connectivity index (χ4v) is 3.59. The molecule has 1 spiro atoms. The van der Waals surface area contributed by atoms with Gasteiger partial charge in [-0.1, -0.05) is 30.3 Å². The summed E-state index contributed by atoms with van der Waals surface area (Å²) in [5.41, 5.74) is 1.16. The molecule has 5 nitrogen and oxygen atoms in total. The summed E-state index contributed by atoms with van der Waals surface area (Å²) in [4.78, 5) is 0. The Morgan fingerprint density at radius 3 is 2.95 bits per heavy atom. The molecule has 2 unspecified atom stereocenters. The van der Waals surface area contributed by atoms with Crippen molar-refractivity contribution in [3.8, 4) is 0 Å². The molecule has 0 N–H and O–H groups in total. The van der Waals surface area contributed by atoms with Gasteiger partial charge in [0.2, 0.25) is 0 Å². The number of fused-ring (bicyclic) bond motifs is 1. The number of ether oxygens (including phenoxy) is 5. The maximum atomic E-state index is 6.15. The third kappa shape index (κ3) is 2.57. The lowest BCUT2D eigenvalue weighted by atomic mass is 9.92. The third-order valence-electron chi connectivity index (χ3n) is 4.81. The van der Waals surface area contributed by atoms with Gasteiger partial charge in [0, 0.05) is 26.4 Å². The minimum Gasteiger partial charge on any atom is -0.371 e. The summed E-state index contributed by atoms with van der Waals surface area (Å²) in [5.74, 6) is -0.577. The first kappa shape index (κ1) is 14.6. The minimum absolute atomic E-state index is 0.00246. The zero-order valence-corrected chi connectivity index (χ0v) is 12.8. The zero-order chi connectivity index (χ0) is 15.0. The molecule has 0 saturated carbocycles. The van der Waals surface area contributed by atoms with E-state index in [-0.39, 0.29) is 24.6 Å². The van der Waals surface area contributed by atoms with Crippen molar-refractivity contribution in [2.75, 3.05) is 13.7 Å². The smallest absolute Gasteiger partial charge is 0.195 e. The van der Waals surface area contributed by atoms with Crippen molar-refractivity contribution in [1.29, 1.82) is 0 Å². The highest BCUT2D eigenvalue weighted by molar-refractivity contribution is 5.13. The van der Waals surface area contributed by atoms with E-state index in [9.17, 15) is 0 Å². The first-order chi connectivity index (χ1) is 10.8. The van der Waals surface area contributed by atoms with Gasteiger partial charge in [0.1, 0.15) is 12.2 Å². The lowest BCUT2D eigenvalue weighted by Crippen LogP contribution is -2.57. The van der Waals surface area contributed by atoms with E-state index in [1.807, 2.05) is 18.2 Å². The van der Waals surface area contributed by atoms with E-state index in [1.165, 1.54) is 0 Å². The molecule has 3 saturated heterocycles. The minimum atomic E-state index is -0.577. The summed E-state index contributed by atoms with van der Waals surface area (Å²) in [5, 5.41) is 0. The van der Waals surface area contributed by atoms with Crippen LogP contribution in [0.1, 0.15) is 24.8 Å². The average molecular weight is 306 g/mol. The third-order valence-corrected chi connectivity index (χ3v) is 4.81. The number of benzene rings is 1. The number of methoxy groups -OCH3 is 1. The van der Waals surface area contributed by atoms with Crippen LogP contribution in [0.2, 0.25) is 0 Å². The van der Waals surface area contributed by atoms with Crippen molar-refractivity contribution in [2.45, 2.75) is 56.3 Å². The molecule has 0 aromatic heterocycles. The largest absolute Gasteiger partial charge is 0.371 e. The van der Waals surface area contributed by atoms with E-state index in [0.717, 1.165) is 24.8 Å². The Morgan fingerprint density at radius 1 is 1.27 bits per heavy atom. The molecule has 22 heavy (non-hydrogen) atoms. The van der Waals surface area contributed by atoms with Gasteiger partial charge in [-0.25, -0.2) is 0 Å². The van der Waals surface area contributed by atoms with Gasteiger partial charge < -0.3 is 23.7 Å². The van der Waals surface area contributed by atoms with Crippen LogP contribution in [0.4, 0.5) is 0 Å². The van der Waals surface area contributed by atoms with Gasteiger partial charge in [-0.2, -0.15) is 0 Å². The van der Waals surface area contributed by atoms with Crippen molar-refractivity contribution in [3.63, 3.8) is 0 Å². The summed E-state index contributed by atoms with van der Waals surface area (Å²) in [6.07, 6.45) is 2.12. The van der Waals surface area contributed by atoms with Crippen LogP contribution in [0.25, 0.3) is 0 Å². The summed E-state index contributed by atoms with van der Waals surface area (Å²) in [6, 6.07) is 10.2. The van der Waals surface area contributed by atoms with Gasteiger partial charge in [-0.05, 0) is 5.56 Å². The van der Waals surface area contributed by atoms with Crippen LogP contribution < -0.4 is 0 Å². The molecule has 1 aromatic rings. The van der Waals surface area contributed by atoms with E-state index in [0.29, 0.717) is 13.2 Å². The molecule has 3 fully saturated rings. The fraction of sp³-hybridized carbons (Fsp3) is 0.647. The summed E-state index contributed by atoms with van der Waals surface area (Å²) in [7, 11) is 1.67. The number of hydrogen-bond donors (Lipinski definition) is 0. The highest BCUT2D eigenvalue weighted by Gasteiger charge is 2.58. The molecule has 5 atom stereocenters. The maximum Gasteiger partial charge on any atom is 0.195 e. The number of hydrogen-bond acceptors (Lipinski definition) is 5. The molecule has 5 heteroatoms. The molecular formula is C17H22O5. The SMILES string of the molecule is COC1CC[C@@]23OCC(O2)[C@@H](OCc2ccccc2)C[C@H]3O1. The average Bonchev–Trinajstić information content (AvgIpc) is 2.93. The predicted octanol–water partition coefficient (Wildman–Crippen LogP) is 2.24. The van der Waals surface area contributed by atoms with Gasteiger partial charge in [0.05, 0.1) is 19.3 Å². The monoisotopic (exact) mass is 306 g/mol. The molecule has 0 aliphatic carbocycles. The van der Waals surface area contributed by atoms with Crippen LogP contribution in [-0.2, 0) is 30.3 Å². The Bertz CT molecular complexity index is 507. The van der Waals surface area contributed by atoms with Gasteiger partial charge in [0.25, 0.3) is 0 Å². The second-order valence-corrected chi connectivity index (χ2v) is 6.18. The van der Waals surface area contributed by atoms with Crippen molar-refractivity contribution in [3.05, 3.63) is 35.9 Å². The number of rotatable bonds is 4. The van der Waals surface area contributed by atoms with Crippen LogP contribution >= 0.6 is 0 Å². The predicted molar refractivity (Wildman–Crippen MR) is 78.1 cm³/mol. The van der Waals surface area contributed by atoms with E-state index in [1.54, 1.807) is 7.11 Å². The first-order valence-corrected chi connectivity index (χ1v) is 7.95. The molecule has 3 aliphatic rings. The van der Waals surface area contributed by atoms with Crippen LogP contribution in [0.5, 0.6) is 0 Å². The Labute approximate surface area is 130 Å². The van der Waals surface area contributed by atoms with Gasteiger partial charge >= 0.3 is 0 Å². The quantitative estimate of drug-likeness (QED) is 0.854. The van der Waals surface area contributed by atoms with E-state index < -0.39 is 5.79 Å². The van der Waals surface area contributed by atoms with Crippen molar-refractivity contribution >= 4 is 0 Å². The normalized spacial score (nSPS) is 40.4. The lowest BCUT2D eigenvalue weighted by Gasteiger charge is -2.46. The van der Waals surface area contributed by atoms with Crippen molar-refractivity contribution in [1.82, 2.24) is 0 Å². The lowest BCUT2D eigenvalue weighted by molar-refractivity contribution is -0.338. The van der Waals surface area contributed by atoms with Crippen molar-refractivity contribution in [2.24, 2.45) is 0 Å². The van der Waals surface area contributed by atoms with E-state index in [2.05, 4.69) is 12.1 Å². The second-order valence-electron chi connectivity index (χ2n) is 6.18. The summed E-state index contributed by atoms with van der Waals surface area (Å²) >= 11 is 0. The van der Waals surface area contributed by atoms with Crippen LogP contribution in [0.3, 0.4) is 0 Å². The molecule has 2 bridgehead atoms. The standard InChI is InChI=1S/C17H22O5/c1-18-16-7-8-17-15(21-16)9-13(14(22-17)11-20-17)19-10-12-5-3-2-4-6-12/h2-6,13-16H,7-11H2,1H3/t13-,14?,15+,16?,17+/m0/s1. The Kier molecular flexibility index (Phi) is 3.92. The Morgan fingerprint density at radius 2 is 2.14 bits per heavy atom. The molecule has 1 aromatic carbocycles. The van der Waals surface area contributed by atoms with Crippen molar-refractivity contribution < 1.29 is 23.7 Å². The topological polar surface area (TPSA) is 46.2 Å². The van der Waals surface area contributed by atoms with Crippen LogP contribution in [0, 0.1) is 0 Å². The summed E-state index contributed by atoms with van der Waals surface area (Å²) in [6.45, 7) is 1.16. The Balaban J connectivity index is 1.42. The molecular weight excluding hydrogens is 284 g/mol. The first-order valence-electron chi connectivity index (χ1n) is 7.95. The highest BCUT2D eigenvalue weighted by atomic mass is 16.8. The highest BCUT2D eigenvalue weighted by Crippen LogP contribution is 2.46. The molecule has 3 aliphatic heterocycles. The molecule has 0 amide bonds. The molecule has 120 valence electrons. The van der Waals surface area contributed by atoms with Gasteiger partial charge in [-0.15, -0.1) is 0 Å². The van der Waals surface area contributed by atoms with Gasteiger partial charge in [-0.3, -0.25) is 0 Å². The van der Waals surface area contributed by atoms with Crippen LogP contribution in [-0.4, -0.2) is 44.1 Å². The fourth-order valence-electron chi connectivity index (χ4n) is 3.59. The molecule has 0 radical (unpaired) electrons. The summed E-state index contributed by atoms with van der Waals surface area (Å²) < 4.78 is 29.5. The molecule has 3 heterocycles.